The topological polar surface area (TPSA) is 54.5 Å². The van der Waals surface area contributed by atoms with Gasteiger partial charge in [0, 0.05) is 28.5 Å². The van der Waals surface area contributed by atoms with Gasteiger partial charge in [-0.3, -0.25) is 9.78 Å². The van der Waals surface area contributed by atoms with Crippen molar-refractivity contribution in [2.75, 3.05) is 12.4 Å². The fraction of sp³-hybridized carbons (Fsp3) is 0.143. The summed E-state index contributed by atoms with van der Waals surface area (Å²) in [6, 6.07) is 16.4. The first kappa shape index (κ1) is 18.6. The molecule has 0 bridgehead atoms. The number of ether oxygens (including phenoxy) is 1. The molecule has 1 aliphatic rings. The van der Waals surface area contributed by atoms with Gasteiger partial charge in [0.25, 0.3) is 5.91 Å². The Balaban J connectivity index is 1.67. The summed E-state index contributed by atoms with van der Waals surface area (Å²) < 4.78 is 5.21. The van der Waals surface area contributed by atoms with Crippen molar-refractivity contribution in [1.82, 2.24) is 9.88 Å². The van der Waals surface area contributed by atoms with Crippen molar-refractivity contribution in [3.05, 3.63) is 87.7 Å². The highest BCUT2D eigenvalue weighted by Gasteiger charge is 2.37. The molecular formula is C21H17Cl2N3O2. The number of benzene rings is 2. The van der Waals surface area contributed by atoms with Crippen LogP contribution in [0.25, 0.3) is 0 Å². The van der Waals surface area contributed by atoms with E-state index in [1.807, 2.05) is 24.3 Å². The third-order valence-electron chi connectivity index (χ3n) is 4.58. The number of nitrogens with zero attached hydrogens (tertiary/aromatic N) is 2. The largest absolute Gasteiger partial charge is 0.497 e. The first-order valence-corrected chi connectivity index (χ1v) is 9.42. The number of hydrogen-bond donors (Lipinski definition) is 1. The Hall–Kier alpha value is -2.76. The highest BCUT2D eigenvalue weighted by atomic mass is 35.5. The van der Waals surface area contributed by atoms with E-state index in [2.05, 4.69) is 10.3 Å². The molecule has 5 nitrogen and oxygen atoms in total. The number of pyridine rings is 1. The molecule has 0 radical (unpaired) electrons. The van der Waals surface area contributed by atoms with Gasteiger partial charge in [0.05, 0.1) is 18.4 Å². The van der Waals surface area contributed by atoms with Gasteiger partial charge >= 0.3 is 0 Å². The molecule has 28 heavy (non-hydrogen) atoms. The second kappa shape index (κ2) is 7.70. The summed E-state index contributed by atoms with van der Waals surface area (Å²) in [5, 5.41) is 4.38. The third-order valence-corrected chi connectivity index (χ3v) is 5.01. The lowest BCUT2D eigenvalue weighted by Crippen LogP contribution is -2.32. The molecule has 0 saturated heterocycles. The van der Waals surface area contributed by atoms with E-state index in [4.69, 9.17) is 27.9 Å². The fourth-order valence-electron chi connectivity index (χ4n) is 3.27. The summed E-state index contributed by atoms with van der Waals surface area (Å²) in [6.45, 7) is 0.422. The van der Waals surface area contributed by atoms with Crippen LogP contribution in [0.4, 0.5) is 5.69 Å². The summed E-state index contributed by atoms with van der Waals surface area (Å²) in [5.74, 6) is 0.689. The first-order chi connectivity index (χ1) is 13.5. The predicted octanol–water partition coefficient (Wildman–Crippen LogP) is 5.16. The number of methoxy groups -OCH3 is 1. The van der Waals surface area contributed by atoms with E-state index in [0.29, 0.717) is 33.5 Å². The molecule has 4 rings (SSSR count). The molecule has 1 aromatic heterocycles. The van der Waals surface area contributed by atoms with E-state index in [0.717, 1.165) is 11.3 Å². The van der Waals surface area contributed by atoms with Crippen LogP contribution in [-0.4, -0.2) is 22.9 Å². The van der Waals surface area contributed by atoms with Gasteiger partial charge in [-0.25, -0.2) is 0 Å². The normalized spacial score (nSPS) is 15.5. The molecule has 2 heterocycles. The number of aromatic nitrogens is 1. The standard InChI is InChI=1S/C21H17Cl2N3O2/c1-28-17-6-4-13(5-7-17)12-26-20(19-18(21(26)27)3-2-8-24-19)25-16-10-14(22)9-15(23)11-16/h2-11,20,25H,12H2,1H3/t20-/m1/s1. The van der Waals surface area contributed by atoms with Crippen molar-refractivity contribution < 1.29 is 9.53 Å². The molecule has 0 spiro atoms. The number of carbonyl (C=O) groups is 1. The molecule has 142 valence electrons. The number of rotatable bonds is 5. The zero-order chi connectivity index (χ0) is 19.7. The van der Waals surface area contributed by atoms with Crippen LogP contribution < -0.4 is 10.1 Å². The minimum Gasteiger partial charge on any atom is -0.497 e. The van der Waals surface area contributed by atoms with Crippen LogP contribution in [-0.2, 0) is 6.54 Å². The molecule has 7 heteroatoms. The summed E-state index contributed by atoms with van der Waals surface area (Å²) in [5.41, 5.74) is 2.96. The van der Waals surface area contributed by atoms with E-state index >= 15 is 0 Å². The Labute approximate surface area is 172 Å². The molecule has 3 aromatic rings. The SMILES string of the molecule is COc1ccc(CN2C(=O)c3cccnc3[C@@H]2Nc2cc(Cl)cc(Cl)c2)cc1. The number of carbonyl (C=O) groups excluding carboxylic acids is 1. The van der Waals surface area contributed by atoms with E-state index in [1.165, 1.54) is 0 Å². The predicted molar refractivity (Wildman–Crippen MR) is 110 cm³/mol. The van der Waals surface area contributed by atoms with Crippen LogP contribution in [0.3, 0.4) is 0 Å². The fourth-order valence-corrected chi connectivity index (χ4v) is 3.79. The van der Waals surface area contributed by atoms with E-state index < -0.39 is 6.17 Å². The first-order valence-electron chi connectivity index (χ1n) is 8.66. The minimum absolute atomic E-state index is 0.0791. The summed E-state index contributed by atoms with van der Waals surface area (Å²) in [7, 11) is 1.62. The Morgan fingerprint density at radius 1 is 1.11 bits per heavy atom. The zero-order valence-electron chi connectivity index (χ0n) is 15.0. The molecule has 1 N–H and O–H groups in total. The van der Waals surface area contributed by atoms with Crippen molar-refractivity contribution in [1.29, 1.82) is 0 Å². The lowest BCUT2D eigenvalue weighted by molar-refractivity contribution is 0.0728. The molecule has 1 amide bonds. The minimum atomic E-state index is -0.430. The van der Waals surface area contributed by atoms with E-state index in [9.17, 15) is 4.79 Å². The van der Waals surface area contributed by atoms with Crippen molar-refractivity contribution in [2.24, 2.45) is 0 Å². The van der Waals surface area contributed by atoms with Crippen LogP contribution >= 0.6 is 23.2 Å². The van der Waals surface area contributed by atoms with E-state index in [-0.39, 0.29) is 5.91 Å². The average Bonchev–Trinajstić information content (AvgIpc) is 2.94. The number of amides is 1. The van der Waals surface area contributed by atoms with E-state index in [1.54, 1.807) is 48.5 Å². The van der Waals surface area contributed by atoms with Gasteiger partial charge in [-0.05, 0) is 48.0 Å². The molecule has 1 aliphatic heterocycles. The quantitative estimate of drug-likeness (QED) is 0.627. The molecule has 1 atom stereocenters. The molecule has 0 unspecified atom stereocenters. The maximum Gasteiger partial charge on any atom is 0.258 e. The Kier molecular flexibility index (Phi) is 5.11. The maximum absolute atomic E-state index is 13.0. The highest BCUT2D eigenvalue weighted by molar-refractivity contribution is 6.35. The average molecular weight is 414 g/mol. The number of hydrogen-bond acceptors (Lipinski definition) is 4. The van der Waals surface area contributed by atoms with Crippen molar-refractivity contribution >= 4 is 34.8 Å². The van der Waals surface area contributed by atoms with Crippen LogP contribution in [0.15, 0.2) is 60.8 Å². The maximum atomic E-state index is 13.0. The summed E-state index contributed by atoms with van der Waals surface area (Å²) in [6.07, 6.45) is 1.25. The number of anilines is 1. The second-order valence-electron chi connectivity index (χ2n) is 6.42. The van der Waals surface area contributed by atoms with Crippen molar-refractivity contribution in [3.8, 4) is 5.75 Å². The van der Waals surface area contributed by atoms with Gasteiger partial charge in [-0.2, -0.15) is 0 Å². The van der Waals surface area contributed by atoms with Crippen molar-refractivity contribution in [2.45, 2.75) is 12.7 Å². The monoisotopic (exact) mass is 413 g/mol. The van der Waals surface area contributed by atoms with Crippen LogP contribution in [0.5, 0.6) is 5.75 Å². The molecule has 0 saturated carbocycles. The smallest absolute Gasteiger partial charge is 0.258 e. The van der Waals surface area contributed by atoms with Gasteiger partial charge in [-0.15, -0.1) is 0 Å². The van der Waals surface area contributed by atoms with Gasteiger partial charge in [0.1, 0.15) is 11.9 Å². The molecule has 0 aliphatic carbocycles. The number of nitrogens with one attached hydrogen (secondary N) is 1. The second-order valence-corrected chi connectivity index (χ2v) is 7.30. The summed E-state index contributed by atoms with van der Waals surface area (Å²) in [4.78, 5) is 19.2. The van der Waals surface area contributed by atoms with Crippen LogP contribution in [0.1, 0.15) is 27.8 Å². The Morgan fingerprint density at radius 3 is 2.50 bits per heavy atom. The molecule has 0 fully saturated rings. The van der Waals surface area contributed by atoms with Gasteiger partial charge in [0.15, 0.2) is 0 Å². The lowest BCUT2D eigenvalue weighted by atomic mass is 10.2. The number of halogens is 2. The summed E-state index contributed by atoms with van der Waals surface area (Å²) >= 11 is 12.3. The molecular weight excluding hydrogens is 397 g/mol. The van der Waals surface area contributed by atoms with Gasteiger partial charge in [-0.1, -0.05) is 35.3 Å². The Morgan fingerprint density at radius 2 is 1.82 bits per heavy atom. The lowest BCUT2D eigenvalue weighted by Gasteiger charge is -2.27. The number of fused-ring (bicyclic) bond motifs is 1. The van der Waals surface area contributed by atoms with Crippen LogP contribution in [0, 0.1) is 0 Å². The van der Waals surface area contributed by atoms with Crippen LogP contribution in [0.2, 0.25) is 10.0 Å². The third kappa shape index (κ3) is 3.63. The zero-order valence-corrected chi connectivity index (χ0v) is 16.5. The van der Waals surface area contributed by atoms with Gasteiger partial charge < -0.3 is 15.0 Å². The Bertz CT molecular complexity index is 1000. The molecule has 2 aromatic carbocycles. The van der Waals surface area contributed by atoms with Crippen molar-refractivity contribution in [3.63, 3.8) is 0 Å². The van der Waals surface area contributed by atoms with Gasteiger partial charge in [0.2, 0.25) is 0 Å². The highest BCUT2D eigenvalue weighted by Crippen LogP contribution is 2.35.